The van der Waals surface area contributed by atoms with Crippen molar-refractivity contribution in [2.75, 3.05) is 25.0 Å². The zero-order valence-corrected chi connectivity index (χ0v) is 11.9. The number of ether oxygens (including phenoxy) is 1. The van der Waals surface area contributed by atoms with Crippen LogP contribution < -0.4 is 0 Å². The van der Waals surface area contributed by atoms with E-state index in [1.165, 1.54) is 6.07 Å². The number of hydrogen-bond donors (Lipinski definition) is 1. The molecule has 1 aliphatic rings. The van der Waals surface area contributed by atoms with Crippen molar-refractivity contribution in [2.24, 2.45) is 0 Å². The number of morpholine rings is 1. The molecular weight excluding hydrogens is 321 g/mol. The summed E-state index contributed by atoms with van der Waals surface area (Å²) in [6.45, 7) is 1.56. The topological polar surface area (TPSA) is 49.8 Å². The van der Waals surface area contributed by atoms with Crippen LogP contribution in [0.4, 0.5) is 0 Å². The predicted octanol–water partition coefficient (Wildman–Crippen LogP) is 2.28. The maximum Gasteiger partial charge on any atom is 0.257 e. The molecule has 1 unspecified atom stereocenters. The number of rotatable bonds is 2. The molecule has 1 fully saturated rings. The first-order valence-corrected chi connectivity index (χ1v) is 7.07. The molecule has 1 aliphatic heterocycles. The summed E-state index contributed by atoms with van der Waals surface area (Å²) in [7, 11) is 0. The number of carbonyl (C=O) groups is 1. The van der Waals surface area contributed by atoms with Crippen LogP contribution in [-0.4, -0.2) is 47.0 Å². The maximum atomic E-state index is 12.2. The molecule has 0 aliphatic carbocycles. The van der Waals surface area contributed by atoms with E-state index < -0.39 is 0 Å². The molecule has 4 nitrogen and oxygen atoms in total. The Bertz CT molecular complexity index is 455. The Morgan fingerprint density at radius 2 is 2.39 bits per heavy atom. The molecule has 0 saturated carbocycles. The molecule has 1 aromatic carbocycles. The number of nitrogens with zero attached hydrogens (tertiary/aromatic N) is 1. The third-order valence-corrected chi connectivity index (χ3v) is 3.75. The Labute approximate surface area is 119 Å². The summed E-state index contributed by atoms with van der Waals surface area (Å²) in [5, 5.41) is 10.8. The van der Waals surface area contributed by atoms with Crippen molar-refractivity contribution >= 4 is 33.4 Å². The highest BCUT2D eigenvalue weighted by molar-refractivity contribution is 9.09. The summed E-state index contributed by atoms with van der Waals surface area (Å²) in [6.07, 6.45) is -0.00265. The fourth-order valence-corrected chi connectivity index (χ4v) is 2.41. The van der Waals surface area contributed by atoms with Gasteiger partial charge in [0, 0.05) is 23.4 Å². The SMILES string of the molecule is O=C(c1ccc(Cl)cc1O)N1CCOC(CBr)C1. The summed E-state index contributed by atoms with van der Waals surface area (Å²) in [5.74, 6) is -0.284. The average molecular weight is 335 g/mol. The molecule has 1 amide bonds. The van der Waals surface area contributed by atoms with Crippen LogP contribution in [0, 0.1) is 0 Å². The molecule has 6 heteroatoms. The van der Waals surface area contributed by atoms with Crippen LogP contribution in [0.5, 0.6) is 5.75 Å². The first-order valence-electron chi connectivity index (χ1n) is 5.57. The number of halogens is 2. The van der Waals surface area contributed by atoms with Crippen molar-refractivity contribution in [3.8, 4) is 5.75 Å². The second-order valence-electron chi connectivity index (χ2n) is 4.06. The first-order chi connectivity index (χ1) is 8.61. The van der Waals surface area contributed by atoms with Gasteiger partial charge < -0.3 is 14.7 Å². The maximum absolute atomic E-state index is 12.2. The highest BCUT2D eigenvalue weighted by Crippen LogP contribution is 2.24. The summed E-state index contributed by atoms with van der Waals surface area (Å²) >= 11 is 9.08. The van der Waals surface area contributed by atoms with E-state index in [0.29, 0.717) is 30.0 Å². The Morgan fingerprint density at radius 1 is 1.61 bits per heavy atom. The molecule has 0 bridgehead atoms. The smallest absolute Gasteiger partial charge is 0.257 e. The van der Waals surface area contributed by atoms with Gasteiger partial charge in [-0.3, -0.25) is 4.79 Å². The minimum atomic E-state index is -0.196. The molecule has 0 radical (unpaired) electrons. The van der Waals surface area contributed by atoms with Crippen molar-refractivity contribution in [3.63, 3.8) is 0 Å². The number of hydrogen-bond acceptors (Lipinski definition) is 3. The summed E-state index contributed by atoms with van der Waals surface area (Å²) in [6, 6.07) is 4.51. The molecule has 1 aromatic rings. The lowest BCUT2D eigenvalue weighted by atomic mass is 10.1. The highest BCUT2D eigenvalue weighted by atomic mass is 79.9. The van der Waals surface area contributed by atoms with Crippen LogP contribution in [0.3, 0.4) is 0 Å². The third kappa shape index (κ3) is 2.96. The van der Waals surface area contributed by atoms with Gasteiger partial charge in [-0.15, -0.1) is 0 Å². The van der Waals surface area contributed by atoms with Crippen molar-refractivity contribution in [1.29, 1.82) is 0 Å². The molecular formula is C12H13BrClNO3. The van der Waals surface area contributed by atoms with Gasteiger partial charge in [0.15, 0.2) is 0 Å². The van der Waals surface area contributed by atoms with Crippen LogP contribution in [0.25, 0.3) is 0 Å². The summed E-state index contributed by atoms with van der Waals surface area (Å²) < 4.78 is 5.47. The van der Waals surface area contributed by atoms with Crippen LogP contribution in [0.2, 0.25) is 5.02 Å². The number of alkyl halides is 1. The van der Waals surface area contributed by atoms with Crippen molar-refractivity contribution < 1.29 is 14.6 Å². The van der Waals surface area contributed by atoms with Crippen molar-refractivity contribution in [2.45, 2.75) is 6.10 Å². The average Bonchev–Trinajstić information content (AvgIpc) is 2.38. The molecule has 98 valence electrons. The van der Waals surface area contributed by atoms with Crippen LogP contribution in [0.15, 0.2) is 18.2 Å². The lowest BCUT2D eigenvalue weighted by molar-refractivity contribution is -0.00975. The van der Waals surface area contributed by atoms with Gasteiger partial charge in [0.2, 0.25) is 0 Å². The molecule has 1 atom stereocenters. The predicted molar refractivity (Wildman–Crippen MR) is 72.6 cm³/mol. The molecule has 1 N–H and O–H groups in total. The van der Waals surface area contributed by atoms with E-state index in [-0.39, 0.29) is 23.3 Å². The van der Waals surface area contributed by atoms with E-state index >= 15 is 0 Å². The fraction of sp³-hybridized carbons (Fsp3) is 0.417. The van der Waals surface area contributed by atoms with Gasteiger partial charge in [0.1, 0.15) is 5.75 Å². The lowest BCUT2D eigenvalue weighted by Gasteiger charge is -2.32. The van der Waals surface area contributed by atoms with E-state index in [0.717, 1.165) is 0 Å². The third-order valence-electron chi connectivity index (χ3n) is 2.79. The highest BCUT2D eigenvalue weighted by Gasteiger charge is 2.25. The zero-order valence-electron chi connectivity index (χ0n) is 9.60. The number of phenolic OH excluding ortho intramolecular Hbond substituents is 1. The number of amides is 1. The Balaban J connectivity index is 2.15. The van der Waals surface area contributed by atoms with Crippen LogP contribution in [-0.2, 0) is 4.74 Å². The molecule has 18 heavy (non-hydrogen) atoms. The zero-order chi connectivity index (χ0) is 13.1. The number of carbonyl (C=O) groups excluding carboxylic acids is 1. The number of benzene rings is 1. The van der Waals surface area contributed by atoms with E-state index in [4.69, 9.17) is 16.3 Å². The minimum absolute atomic E-state index is 0.00265. The van der Waals surface area contributed by atoms with Gasteiger partial charge in [0.25, 0.3) is 5.91 Å². The summed E-state index contributed by atoms with van der Waals surface area (Å²) in [5.41, 5.74) is 0.273. The second-order valence-corrected chi connectivity index (χ2v) is 5.14. The van der Waals surface area contributed by atoms with Gasteiger partial charge in [-0.1, -0.05) is 27.5 Å². The van der Waals surface area contributed by atoms with Crippen molar-refractivity contribution in [3.05, 3.63) is 28.8 Å². The van der Waals surface area contributed by atoms with Gasteiger partial charge in [-0.25, -0.2) is 0 Å². The lowest BCUT2D eigenvalue weighted by Crippen LogP contribution is -2.46. The molecule has 0 aromatic heterocycles. The van der Waals surface area contributed by atoms with Gasteiger partial charge in [-0.2, -0.15) is 0 Å². The van der Waals surface area contributed by atoms with Gasteiger partial charge in [-0.05, 0) is 18.2 Å². The van der Waals surface area contributed by atoms with E-state index in [1.807, 2.05) is 0 Å². The van der Waals surface area contributed by atoms with E-state index in [9.17, 15) is 9.90 Å². The largest absolute Gasteiger partial charge is 0.507 e. The normalized spacial score (nSPS) is 19.9. The van der Waals surface area contributed by atoms with Gasteiger partial charge >= 0.3 is 0 Å². The Morgan fingerprint density at radius 3 is 3.06 bits per heavy atom. The minimum Gasteiger partial charge on any atom is -0.507 e. The molecule has 1 saturated heterocycles. The molecule has 0 spiro atoms. The Hall–Kier alpha value is -0.780. The van der Waals surface area contributed by atoms with E-state index in [2.05, 4.69) is 15.9 Å². The summed E-state index contributed by atoms with van der Waals surface area (Å²) in [4.78, 5) is 13.9. The van der Waals surface area contributed by atoms with Crippen LogP contribution >= 0.6 is 27.5 Å². The van der Waals surface area contributed by atoms with E-state index in [1.54, 1.807) is 17.0 Å². The van der Waals surface area contributed by atoms with Gasteiger partial charge in [0.05, 0.1) is 18.3 Å². The van der Waals surface area contributed by atoms with Crippen LogP contribution in [0.1, 0.15) is 10.4 Å². The Kier molecular flexibility index (Phi) is 4.48. The number of phenols is 1. The standard InChI is InChI=1S/C12H13BrClNO3/c13-6-9-7-15(3-4-18-9)12(17)10-2-1-8(14)5-11(10)16/h1-2,5,9,16H,3-4,6-7H2. The monoisotopic (exact) mass is 333 g/mol. The molecule has 2 rings (SSSR count). The van der Waals surface area contributed by atoms with Crippen molar-refractivity contribution in [1.82, 2.24) is 4.90 Å². The first kappa shape index (κ1) is 13.6. The molecule has 1 heterocycles. The second kappa shape index (κ2) is 5.91. The quantitative estimate of drug-likeness (QED) is 0.844. The fourth-order valence-electron chi connectivity index (χ4n) is 1.85. The number of aromatic hydroxyl groups is 1.